The van der Waals surface area contributed by atoms with Gasteiger partial charge in [-0.3, -0.25) is 5.32 Å². The Balaban J connectivity index is 3.11. The number of hydrogen-bond donors (Lipinski definition) is 1. The third kappa shape index (κ3) is 5.04. The summed E-state index contributed by atoms with van der Waals surface area (Å²) in [6.07, 6.45) is -4.39. The first-order chi connectivity index (χ1) is 9.65. The maximum atomic E-state index is 12.4. The number of rotatable bonds is 5. The topological polar surface area (TPSA) is 38.3 Å². The van der Waals surface area contributed by atoms with Crippen molar-refractivity contribution in [2.75, 3.05) is 13.2 Å². The van der Waals surface area contributed by atoms with Gasteiger partial charge in [-0.05, 0) is 49.9 Å². The number of hydrogen-bond acceptors (Lipinski definition) is 3. The summed E-state index contributed by atoms with van der Waals surface area (Å²) < 4.78 is 42.1. The van der Waals surface area contributed by atoms with E-state index in [1.54, 1.807) is 19.9 Å². The molecule has 0 aliphatic rings. The third-order valence-corrected chi connectivity index (χ3v) is 3.22. The van der Waals surface area contributed by atoms with Gasteiger partial charge in [0.05, 0.1) is 13.2 Å². The number of alkyl halides is 3. The van der Waals surface area contributed by atoms with Crippen LogP contribution in [0.25, 0.3) is 0 Å². The van der Waals surface area contributed by atoms with E-state index in [-0.39, 0.29) is 6.61 Å². The fraction of sp³-hybridized carbons (Fsp3) is 0.533. The van der Waals surface area contributed by atoms with Gasteiger partial charge in [-0.25, -0.2) is 4.79 Å². The number of carbonyl (C=O) groups is 1. The van der Waals surface area contributed by atoms with Gasteiger partial charge in [0.15, 0.2) is 0 Å². The molecule has 1 N–H and O–H groups in total. The van der Waals surface area contributed by atoms with E-state index in [1.807, 2.05) is 19.9 Å². The van der Waals surface area contributed by atoms with Crippen LogP contribution in [0.1, 0.15) is 35.2 Å². The molecule has 0 radical (unpaired) electrons. The van der Waals surface area contributed by atoms with Crippen LogP contribution >= 0.6 is 0 Å². The summed E-state index contributed by atoms with van der Waals surface area (Å²) in [5.74, 6) is -0.701. The smallest absolute Gasteiger partial charge is 0.401 e. The Morgan fingerprint density at radius 1 is 1.19 bits per heavy atom. The molecule has 0 spiro atoms. The fourth-order valence-electron chi connectivity index (χ4n) is 2.06. The zero-order valence-corrected chi connectivity index (χ0v) is 12.6. The van der Waals surface area contributed by atoms with Crippen molar-refractivity contribution in [2.24, 2.45) is 0 Å². The van der Waals surface area contributed by atoms with Gasteiger partial charge in [-0.15, -0.1) is 0 Å². The number of nitrogens with one attached hydrogen (secondary N) is 1. The van der Waals surface area contributed by atoms with Crippen LogP contribution in [0.2, 0.25) is 0 Å². The molecule has 0 aliphatic carbocycles. The number of halogens is 3. The lowest BCUT2D eigenvalue weighted by atomic mass is 9.95. The van der Waals surface area contributed by atoms with Crippen LogP contribution in [-0.4, -0.2) is 25.3 Å². The van der Waals surface area contributed by atoms with Crippen LogP contribution < -0.4 is 5.32 Å². The monoisotopic (exact) mass is 303 g/mol. The average molecular weight is 303 g/mol. The van der Waals surface area contributed by atoms with Crippen LogP contribution in [0.3, 0.4) is 0 Å². The van der Waals surface area contributed by atoms with Gasteiger partial charge in [0.2, 0.25) is 0 Å². The van der Waals surface area contributed by atoms with Crippen molar-refractivity contribution in [3.05, 3.63) is 34.4 Å². The van der Waals surface area contributed by atoms with Crippen LogP contribution in [-0.2, 0) is 9.53 Å². The summed E-state index contributed by atoms with van der Waals surface area (Å²) in [7, 11) is 0. The second-order valence-corrected chi connectivity index (χ2v) is 4.97. The van der Waals surface area contributed by atoms with E-state index in [4.69, 9.17) is 4.74 Å². The lowest BCUT2D eigenvalue weighted by Gasteiger charge is -2.21. The zero-order chi connectivity index (χ0) is 16.2. The molecule has 0 bridgehead atoms. The van der Waals surface area contributed by atoms with Crippen molar-refractivity contribution in [3.8, 4) is 0 Å². The molecule has 1 atom stereocenters. The SMILES string of the molecule is CCOC(=O)C(NCC(F)(F)F)c1cc(C)c(C)cc1C. The molecular formula is C15H20F3NO2. The second kappa shape index (κ2) is 6.93. The number of carbonyl (C=O) groups excluding carboxylic acids is 1. The van der Waals surface area contributed by atoms with Crippen LogP contribution in [0, 0.1) is 20.8 Å². The van der Waals surface area contributed by atoms with Crippen molar-refractivity contribution in [2.45, 2.75) is 39.9 Å². The molecular weight excluding hydrogens is 283 g/mol. The Morgan fingerprint density at radius 3 is 2.29 bits per heavy atom. The summed E-state index contributed by atoms with van der Waals surface area (Å²) in [6, 6.07) is 2.47. The highest BCUT2D eigenvalue weighted by Gasteiger charge is 2.32. The first-order valence-electron chi connectivity index (χ1n) is 6.70. The number of benzene rings is 1. The maximum Gasteiger partial charge on any atom is 0.401 e. The number of ether oxygens (including phenoxy) is 1. The third-order valence-electron chi connectivity index (χ3n) is 3.22. The van der Waals surface area contributed by atoms with Gasteiger partial charge in [-0.1, -0.05) is 12.1 Å². The van der Waals surface area contributed by atoms with Crippen LogP contribution in [0.5, 0.6) is 0 Å². The molecule has 1 rings (SSSR count). The Bertz CT molecular complexity index is 512. The van der Waals surface area contributed by atoms with E-state index in [0.717, 1.165) is 16.7 Å². The van der Waals surface area contributed by atoms with Gasteiger partial charge in [0, 0.05) is 0 Å². The Morgan fingerprint density at radius 2 is 1.76 bits per heavy atom. The molecule has 6 heteroatoms. The molecule has 0 aromatic heterocycles. The molecule has 0 heterocycles. The quantitative estimate of drug-likeness (QED) is 0.848. The highest BCUT2D eigenvalue weighted by Crippen LogP contribution is 2.24. The van der Waals surface area contributed by atoms with Gasteiger partial charge in [-0.2, -0.15) is 13.2 Å². The number of aryl methyl sites for hydroxylation is 3. The largest absolute Gasteiger partial charge is 0.465 e. The van der Waals surface area contributed by atoms with E-state index < -0.39 is 24.7 Å². The van der Waals surface area contributed by atoms with Crippen LogP contribution in [0.4, 0.5) is 13.2 Å². The average Bonchev–Trinajstić information content (AvgIpc) is 2.34. The number of esters is 1. The molecule has 21 heavy (non-hydrogen) atoms. The van der Waals surface area contributed by atoms with E-state index in [2.05, 4.69) is 5.32 Å². The van der Waals surface area contributed by atoms with E-state index in [1.165, 1.54) is 0 Å². The molecule has 0 amide bonds. The highest BCUT2D eigenvalue weighted by molar-refractivity contribution is 5.78. The van der Waals surface area contributed by atoms with Crippen LogP contribution in [0.15, 0.2) is 12.1 Å². The predicted octanol–water partition coefficient (Wildman–Crippen LogP) is 3.37. The standard InChI is InChI=1S/C15H20F3NO2/c1-5-21-14(20)13(19-8-15(16,17)18)12-7-10(3)9(2)6-11(12)4/h6-7,13,19H,5,8H2,1-4H3. The minimum Gasteiger partial charge on any atom is -0.465 e. The first-order valence-corrected chi connectivity index (χ1v) is 6.70. The molecule has 3 nitrogen and oxygen atoms in total. The van der Waals surface area contributed by atoms with Gasteiger partial charge in [0.1, 0.15) is 6.04 Å². The Labute approximate surface area is 122 Å². The van der Waals surface area contributed by atoms with Crippen molar-refractivity contribution < 1.29 is 22.7 Å². The van der Waals surface area contributed by atoms with Crippen molar-refractivity contribution in [1.82, 2.24) is 5.32 Å². The molecule has 1 unspecified atom stereocenters. The van der Waals surface area contributed by atoms with Gasteiger partial charge >= 0.3 is 12.1 Å². The van der Waals surface area contributed by atoms with E-state index in [0.29, 0.717) is 5.56 Å². The normalized spacial score (nSPS) is 13.1. The fourth-order valence-corrected chi connectivity index (χ4v) is 2.06. The van der Waals surface area contributed by atoms with Gasteiger partial charge < -0.3 is 4.74 Å². The molecule has 0 saturated carbocycles. The van der Waals surface area contributed by atoms with E-state index >= 15 is 0 Å². The molecule has 118 valence electrons. The minimum absolute atomic E-state index is 0.118. The summed E-state index contributed by atoms with van der Waals surface area (Å²) in [5, 5.41) is 2.25. The zero-order valence-electron chi connectivity index (χ0n) is 12.6. The Hall–Kier alpha value is -1.56. The Kier molecular flexibility index (Phi) is 5.78. The lowest BCUT2D eigenvalue weighted by Crippen LogP contribution is -2.37. The minimum atomic E-state index is -4.39. The molecule has 0 aliphatic heterocycles. The summed E-state index contributed by atoms with van der Waals surface area (Å²) >= 11 is 0. The molecule has 1 aromatic carbocycles. The first kappa shape index (κ1) is 17.5. The summed E-state index contributed by atoms with van der Waals surface area (Å²) in [5.41, 5.74) is 3.21. The van der Waals surface area contributed by atoms with Crippen molar-refractivity contribution in [3.63, 3.8) is 0 Å². The molecule has 0 saturated heterocycles. The van der Waals surface area contributed by atoms with E-state index in [9.17, 15) is 18.0 Å². The van der Waals surface area contributed by atoms with Gasteiger partial charge in [0.25, 0.3) is 0 Å². The predicted molar refractivity (Wildman–Crippen MR) is 74.1 cm³/mol. The second-order valence-electron chi connectivity index (χ2n) is 4.97. The van der Waals surface area contributed by atoms with Crippen molar-refractivity contribution >= 4 is 5.97 Å². The van der Waals surface area contributed by atoms with Crippen molar-refractivity contribution in [1.29, 1.82) is 0 Å². The highest BCUT2D eigenvalue weighted by atomic mass is 19.4. The summed E-state index contributed by atoms with van der Waals surface area (Å²) in [4.78, 5) is 12.0. The lowest BCUT2D eigenvalue weighted by molar-refractivity contribution is -0.149. The summed E-state index contributed by atoms with van der Waals surface area (Å²) in [6.45, 7) is 6.02. The molecule has 0 fully saturated rings. The molecule has 1 aromatic rings. The maximum absolute atomic E-state index is 12.4.